The Balaban J connectivity index is 2.17. The molecular formula is C16H23BrO. The second-order valence-electron chi connectivity index (χ2n) is 6.67. The lowest BCUT2D eigenvalue weighted by Gasteiger charge is -2.24. The topological polar surface area (TPSA) is 9.23 Å². The molecule has 1 aliphatic rings. The quantitative estimate of drug-likeness (QED) is 0.723. The molecule has 0 radical (unpaired) electrons. The molecule has 0 aliphatic heterocycles. The summed E-state index contributed by atoms with van der Waals surface area (Å²) in [6, 6.07) is 6.52. The van der Waals surface area contributed by atoms with Crippen LogP contribution in [0.3, 0.4) is 0 Å². The molecule has 18 heavy (non-hydrogen) atoms. The van der Waals surface area contributed by atoms with Gasteiger partial charge in [0.05, 0.1) is 6.61 Å². The first kappa shape index (κ1) is 13.9. The number of ether oxygens (including phenoxy) is 1. The van der Waals surface area contributed by atoms with Crippen molar-refractivity contribution in [2.45, 2.75) is 46.0 Å². The lowest BCUT2D eigenvalue weighted by molar-refractivity contribution is 0.246. The molecule has 1 saturated carbocycles. The zero-order valence-electron chi connectivity index (χ0n) is 11.8. The van der Waals surface area contributed by atoms with Gasteiger partial charge in [0.15, 0.2) is 0 Å². The number of benzene rings is 1. The highest BCUT2D eigenvalue weighted by atomic mass is 79.9. The third-order valence-electron chi connectivity index (χ3n) is 3.72. The predicted octanol–water partition coefficient (Wildman–Crippen LogP) is 4.85. The van der Waals surface area contributed by atoms with Crippen LogP contribution in [0, 0.1) is 12.3 Å². The highest BCUT2D eigenvalue weighted by molar-refractivity contribution is 9.09. The highest BCUT2D eigenvalue weighted by Gasteiger charge is 2.42. The number of aryl methyl sites for hydroxylation is 1. The van der Waals surface area contributed by atoms with Crippen LogP contribution in [0.4, 0.5) is 0 Å². The number of halogens is 1. The molecule has 0 amide bonds. The van der Waals surface area contributed by atoms with E-state index in [0.29, 0.717) is 5.41 Å². The molecule has 1 aromatic carbocycles. The molecule has 100 valence electrons. The zero-order chi connectivity index (χ0) is 13.4. The van der Waals surface area contributed by atoms with Crippen LogP contribution in [0.2, 0.25) is 0 Å². The largest absolute Gasteiger partial charge is 0.493 e. The third kappa shape index (κ3) is 3.09. The molecule has 0 N–H and O–H groups in total. The lowest BCUT2D eigenvalue weighted by Crippen LogP contribution is -2.18. The molecule has 0 unspecified atom stereocenters. The summed E-state index contributed by atoms with van der Waals surface area (Å²) in [7, 11) is 0. The first-order valence-electron chi connectivity index (χ1n) is 6.66. The Kier molecular flexibility index (Phi) is 3.77. The van der Waals surface area contributed by atoms with Crippen molar-refractivity contribution in [3.63, 3.8) is 0 Å². The van der Waals surface area contributed by atoms with E-state index in [2.05, 4.69) is 61.8 Å². The molecular weight excluding hydrogens is 288 g/mol. The van der Waals surface area contributed by atoms with Crippen molar-refractivity contribution in [2.75, 3.05) is 11.9 Å². The lowest BCUT2D eigenvalue weighted by atomic mass is 9.85. The molecule has 0 saturated heterocycles. The molecule has 1 aliphatic carbocycles. The predicted molar refractivity (Wildman–Crippen MR) is 80.8 cm³/mol. The summed E-state index contributed by atoms with van der Waals surface area (Å²) in [4.78, 5) is 0. The maximum atomic E-state index is 6.11. The van der Waals surface area contributed by atoms with Gasteiger partial charge in [-0.05, 0) is 36.8 Å². The Bertz CT molecular complexity index is 427. The number of rotatable bonds is 4. The van der Waals surface area contributed by atoms with Crippen LogP contribution in [-0.2, 0) is 5.41 Å². The Morgan fingerprint density at radius 2 is 1.94 bits per heavy atom. The van der Waals surface area contributed by atoms with Crippen molar-refractivity contribution in [1.82, 2.24) is 0 Å². The van der Waals surface area contributed by atoms with E-state index in [0.717, 1.165) is 17.7 Å². The Hall–Kier alpha value is -0.500. The average molecular weight is 311 g/mol. The minimum absolute atomic E-state index is 0.131. The second-order valence-corrected chi connectivity index (χ2v) is 7.23. The molecule has 2 heteroatoms. The smallest absolute Gasteiger partial charge is 0.123 e. The van der Waals surface area contributed by atoms with Gasteiger partial charge in [-0.2, -0.15) is 0 Å². The minimum atomic E-state index is 0.131. The fourth-order valence-electron chi connectivity index (χ4n) is 2.08. The highest BCUT2D eigenvalue weighted by Crippen LogP contribution is 2.47. The van der Waals surface area contributed by atoms with Crippen LogP contribution in [0.5, 0.6) is 5.75 Å². The molecule has 0 spiro atoms. The van der Waals surface area contributed by atoms with Crippen LogP contribution in [0.15, 0.2) is 18.2 Å². The maximum Gasteiger partial charge on any atom is 0.123 e. The van der Waals surface area contributed by atoms with Gasteiger partial charge in [-0.1, -0.05) is 54.4 Å². The van der Waals surface area contributed by atoms with Gasteiger partial charge in [0, 0.05) is 10.7 Å². The summed E-state index contributed by atoms with van der Waals surface area (Å²) < 4.78 is 6.11. The van der Waals surface area contributed by atoms with Gasteiger partial charge in [0.1, 0.15) is 5.75 Å². The van der Waals surface area contributed by atoms with Crippen LogP contribution >= 0.6 is 15.9 Å². The van der Waals surface area contributed by atoms with Gasteiger partial charge in [-0.25, -0.2) is 0 Å². The maximum absolute atomic E-state index is 6.11. The summed E-state index contributed by atoms with van der Waals surface area (Å²) in [6.45, 7) is 9.70. The first-order valence-corrected chi connectivity index (χ1v) is 7.78. The fraction of sp³-hybridized carbons (Fsp3) is 0.625. The number of hydrogen-bond donors (Lipinski definition) is 0. The van der Waals surface area contributed by atoms with Gasteiger partial charge >= 0.3 is 0 Å². The molecule has 1 aromatic rings. The molecule has 2 rings (SSSR count). The fourth-order valence-corrected chi connectivity index (χ4v) is 2.80. The van der Waals surface area contributed by atoms with Gasteiger partial charge in [0.2, 0.25) is 0 Å². The Morgan fingerprint density at radius 3 is 2.44 bits per heavy atom. The minimum Gasteiger partial charge on any atom is -0.493 e. The van der Waals surface area contributed by atoms with Crippen molar-refractivity contribution in [1.29, 1.82) is 0 Å². The van der Waals surface area contributed by atoms with E-state index in [1.165, 1.54) is 24.0 Å². The van der Waals surface area contributed by atoms with Crippen LogP contribution in [0.25, 0.3) is 0 Å². The Morgan fingerprint density at radius 1 is 1.28 bits per heavy atom. The van der Waals surface area contributed by atoms with E-state index in [9.17, 15) is 0 Å². The van der Waals surface area contributed by atoms with E-state index in [1.807, 2.05) is 0 Å². The third-order valence-corrected chi connectivity index (χ3v) is 4.91. The van der Waals surface area contributed by atoms with Crippen molar-refractivity contribution in [2.24, 2.45) is 5.41 Å². The number of alkyl halides is 1. The van der Waals surface area contributed by atoms with E-state index in [1.54, 1.807) is 0 Å². The van der Waals surface area contributed by atoms with Crippen LogP contribution < -0.4 is 4.74 Å². The van der Waals surface area contributed by atoms with Gasteiger partial charge in [0.25, 0.3) is 0 Å². The summed E-state index contributed by atoms with van der Waals surface area (Å²) in [5, 5.41) is 1.05. The van der Waals surface area contributed by atoms with Crippen molar-refractivity contribution in [3.8, 4) is 5.75 Å². The van der Waals surface area contributed by atoms with Crippen molar-refractivity contribution in [3.05, 3.63) is 29.3 Å². The number of hydrogen-bond acceptors (Lipinski definition) is 1. The van der Waals surface area contributed by atoms with Gasteiger partial charge in [-0.15, -0.1) is 0 Å². The van der Waals surface area contributed by atoms with E-state index in [-0.39, 0.29) is 5.41 Å². The van der Waals surface area contributed by atoms with E-state index >= 15 is 0 Å². The van der Waals surface area contributed by atoms with Crippen LogP contribution in [-0.4, -0.2) is 11.9 Å². The molecule has 1 fully saturated rings. The average Bonchev–Trinajstić information content (AvgIpc) is 3.07. The van der Waals surface area contributed by atoms with E-state index < -0.39 is 0 Å². The van der Waals surface area contributed by atoms with E-state index in [4.69, 9.17) is 4.74 Å². The van der Waals surface area contributed by atoms with Crippen molar-refractivity contribution < 1.29 is 4.74 Å². The Labute approximate surface area is 119 Å². The normalized spacial score (nSPS) is 17.6. The van der Waals surface area contributed by atoms with Crippen molar-refractivity contribution >= 4 is 15.9 Å². The molecule has 0 heterocycles. The summed E-state index contributed by atoms with van der Waals surface area (Å²) in [5.74, 6) is 1.06. The summed E-state index contributed by atoms with van der Waals surface area (Å²) in [5.41, 5.74) is 3.15. The van der Waals surface area contributed by atoms with Gasteiger partial charge in [-0.3, -0.25) is 0 Å². The molecule has 0 atom stereocenters. The monoisotopic (exact) mass is 310 g/mol. The van der Waals surface area contributed by atoms with Gasteiger partial charge < -0.3 is 4.74 Å². The first-order chi connectivity index (χ1) is 8.36. The van der Waals surface area contributed by atoms with Crippen LogP contribution in [0.1, 0.15) is 44.7 Å². The molecule has 0 bridgehead atoms. The SMILES string of the molecule is Cc1ccc(OCC2(CBr)CC2)c(C(C)(C)C)c1. The summed E-state index contributed by atoms with van der Waals surface area (Å²) in [6.07, 6.45) is 2.57. The summed E-state index contributed by atoms with van der Waals surface area (Å²) >= 11 is 3.60. The molecule has 1 nitrogen and oxygen atoms in total. The zero-order valence-corrected chi connectivity index (χ0v) is 13.4. The second kappa shape index (κ2) is 4.88. The standard InChI is InChI=1S/C16H23BrO/c1-12-5-6-14(13(9-12)15(2,3)4)18-11-16(10-17)7-8-16/h5-6,9H,7-8,10-11H2,1-4H3. The molecule has 0 aromatic heterocycles.